The number of para-hydroxylation sites is 2. The molecule has 110 valence electrons. The first-order valence-electron chi connectivity index (χ1n) is 6.91. The Morgan fingerprint density at radius 1 is 1.24 bits per heavy atom. The van der Waals surface area contributed by atoms with Gasteiger partial charge in [0.25, 0.3) is 5.91 Å². The van der Waals surface area contributed by atoms with E-state index in [1.54, 1.807) is 0 Å². The highest BCUT2D eigenvalue weighted by molar-refractivity contribution is 9.10. The van der Waals surface area contributed by atoms with E-state index in [4.69, 9.17) is 4.74 Å². The smallest absolute Gasteiger partial charge is 0.255 e. The molecule has 0 bridgehead atoms. The van der Waals surface area contributed by atoms with Crippen molar-refractivity contribution in [3.05, 3.63) is 58.1 Å². The van der Waals surface area contributed by atoms with E-state index in [0.29, 0.717) is 23.6 Å². The van der Waals surface area contributed by atoms with Crippen LogP contribution in [0.2, 0.25) is 0 Å². The van der Waals surface area contributed by atoms with E-state index in [2.05, 4.69) is 21.2 Å². The molecule has 2 aromatic carbocycles. The summed E-state index contributed by atoms with van der Waals surface area (Å²) in [5.74, 6) is 0.544. The van der Waals surface area contributed by atoms with Crippen LogP contribution in [0.4, 0.5) is 5.69 Å². The van der Waals surface area contributed by atoms with E-state index < -0.39 is 0 Å². The van der Waals surface area contributed by atoms with Gasteiger partial charge in [0.05, 0.1) is 12.3 Å². The van der Waals surface area contributed by atoms with Crippen LogP contribution in [-0.2, 0) is 0 Å². The summed E-state index contributed by atoms with van der Waals surface area (Å²) in [6.45, 7) is 4.66. The highest BCUT2D eigenvalue weighted by Crippen LogP contribution is 2.25. The maximum absolute atomic E-state index is 12.3. The lowest BCUT2D eigenvalue weighted by atomic mass is 10.1. The summed E-state index contributed by atoms with van der Waals surface area (Å²) >= 11 is 3.44. The first kappa shape index (κ1) is 15.6. The number of ether oxygens (including phenoxy) is 1. The Kier molecular flexibility index (Phi) is 5.39. The maximum Gasteiger partial charge on any atom is 0.255 e. The number of anilines is 1. The maximum atomic E-state index is 12.3. The molecule has 0 radical (unpaired) electrons. The van der Waals surface area contributed by atoms with Crippen LogP contribution in [0.1, 0.15) is 29.3 Å². The van der Waals surface area contributed by atoms with Gasteiger partial charge >= 0.3 is 0 Å². The van der Waals surface area contributed by atoms with Crippen molar-refractivity contribution in [2.24, 2.45) is 0 Å². The SMILES string of the molecule is CCCOc1ccccc1NC(=O)c1ccc(C)c(Br)c1. The molecular formula is C17H18BrNO2. The molecule has 0 saturated heterocycles. The van der Waals surface area contributed by atoms with E-state index in [9.17, 15) is 4.79 Å². The molecule has 0 unspecified atom stereocenters. The summed E-state index contributed by atoms with van der Waals surface area (Å²) in [4.78, 5) is 12.3. The van der Waals surface area contributed by atoms with Crippen molar-refractivity contribution in [3.8, 4) is 5.75 Å². The topological polar surface area (TPSA) is 38.3 Å². The van der Waals surface area contributed by atoms with Crippen LogP contribution in [0.5, 0.6) is 5.75 Å². The Morgan fingerprint density at radius 3 is 2.71 bits per heavy atom. The molecule has 0 heterocycles. The summed E-state index contributed by atoms with van der Waals surface area (Å²) in [7, 11) is 0. The molecule has 1 amide bonds. The monoisotopic (exact) mass is 347 g/mol. The summed E-state index contributed by atoms with van der Waals surface area (Å²) in [5.41, 5.74) is 2.39. The number of benzene rings is 2. The fourth-order valence-corrected chi connectivity index (χ4v) is 2.22. The van der Waals surface area contributed by atoms with Gasteiger partial charge in [-0.25, -0.2) is 0 Å². The molecule has 2 rings (SSSR count). The number of rotatable bonds is 5. The fourth-order valence-electron chi connectivity index (χ4n) is 1.84. The van der Waals surface area contributed by atoms with Crippen molar-refractivity contribution in [2.75, 3.05) is 11.9 Å². The van der Waals surface area contributed by atoms with Crippen molar-refractivity contribution in [2.45, 2.75) is 20.3 Å². The second-order valence-electron chi connectivity index (χ2n) is 4.76. The van der Waals surface area contributed by atoms with Gasteiger partial charge in [-0.15, -0.1) is 0 Å². The Labute approximate surface area is 133 Å². The lowest BCUT2D eigenvalue weighted by molar-refractivity contribution is 0.102. The number of aryl methyl sites for hydroxylation is 1. The van der Waals surface area contributed by atoms with Crippen LogP contribution < -0.4 is 10.1 Å². The van der Waals surface area contributed by atoms with Gasteiger partial charge in [0, 0.05) is 10.0 Å². The Morgan fingerprint density at radius 2 is 2.00 bits per heavy atom. The van der Waals surface area contributed by atoms with E-state index in [-0.39, 0.29) is 5.91 Å². The first-order chi connectivity index (χ1) is 10.1. The number of carbonyl (C=O) groups excluding carboxylic acids is 1. The molecule has 0 saturated carbocycles. The second-order valence-corrected chi connectivity index (χ2v) is 5.62. The summed E-state index contributed by atoms with van der Waals surface area (Å²) < 4.78 is 6.56. The molecule has 0 spiro atoms. The fraction of sp³-hybridized carbons (Fsp3) is 0.235. The number of halogens is 1. The molecule has 1 N–H and O–H groups in total. The van der Waals surface area contributed by atoms with Gasteiger partial charge < -0.3 is 10.1 Å². The quantitative estimate of drug-likeness (QED) is 0.843. The minimum atomic E-state index is -0.150. The summed E-state index contributed by atoms with van der Waals surface area (Å²) in [6, 6.07) is 13.0. The van der Waals surface area contributed by atoms with Gasteiger partial charge in [-0.2, -0.15) is 0 Å². The highest BCUT2D eigenvalue weighted by atomic mass is 79.9. The first-order valence-corrected chi connectivity index (χ1v) is 7.70. The minimum Gasteiger partial charge on any atom is -0.491 e. The van der Waals surface area contributed by atoms with E-state index in [1.165, 1.54) is 0 Å². The number of carbonyl (C=O) groups is 1. The predicted molar refractivity (Wildman–Crippen MR) is 89.1 cm³/mol. The molecule has 3 nitrogen and oxygen atoms in total. The molecule has 21 heavy (non-hydrogen) atoms. The van der Waals surface area contributed by atoms with Crippen LogP contribution in [-0.4, -0.2) is 12.5 Å². The van der Waals surface area contributed by atoms with E-state index in [1.807, 2.05) is 56.3 Å². The van der Waals surface area contributed by atoms with Crippen molar-refractivity contribution < 1.29 is 9.53 Å². The second kappa shape index (κ2) is 7.27. The van der Waals surface area contributed by atoms with Crippen LogP contribution >= 0.6 is 15.9 Å². The Bertz CT molecular complexity index is 640. The largest absolute Gasteiger partial charge is 0.491 e. The number of amides is 1. The molecule has 2 aromatic rings. The molecule has 0 aliphatic rings. The molecule has 4 heteroatoms. The van der Waals surface area contributed by atoms with Crippen LogP contribution in [0.25, 0.3) is 0 Å². The lowest BCUT2D eigenvalue weighted by Gasteiger charge is -2.12. The zero-order chi connectivity index (χ0) is 15.2. The van der Waals surface area contributed by atoms with E-state index in [0.717, 1.165) is 16.5 Å². The molecule has 0 aliphatic carbocycles. The zero-order valence-electron chi connectivity index (χ0n) is 12.2. The normalized spacial score (nSPS) is 10.2. The average Bonchev–Trinajstić information content (AvgIpc) is 2.49. The molecule has 0 fully saturated rings. The average molecular weight is 348 g/mol. The van der Waals surface area contributed by atoms with Crippen molar-refractivity contribution >= 4 is 27.5 Å². The summed E-state index contributed by atoms with van der Waals surface area (Å²) in [5, 5.41) is 2.90. The third-order valence-electron chi connectivity index (χ3n) is 3.03. The number of hydrogen-bond acceptors (Lipinski definition) is 2. The third-order valence-corrected chi connectivity index (χ3v) is 3.89. The van der Waals surface area contributed by atoms with E-state index >= 15 is 0 Å². The van der Waals surface area contributed by atoms with Crippen LogP contribution in [0.15, 0.2) is 46.9 Å². The van der Waals surface area contributed by atoms with Gasteiger partial charge in [-0.3, -0.25) is 4.79 Å². The summed E-state index contributed by atoms with van der Waals surface area (Å²) in [6.07, 6.45) is 0.924. The molecule has 0 atom stereocenters. The van der Waals surface area contributed by atoms with Gasteiger partial charge in [-0.05, 0) is 43.2 Å². The number of nitrogens with one attached hydrogen (secondary N) is 1. The lowest BCUT2D eigenvalue weighted by Crippen LogP contribution is -2.13. The van der Waals surface area contributed by atoms with Crippen molar-refractivity contribution in [3.63, 3.8) is 0 Å². The van der Waals surface area contributed by atoms with Gasteiger partial charge in [0.2, 0.25) is 0 Å². The molecule has 0 aliphatic heterocycles. The molecule has 0 aromatic heterocycles. The third kappa shape index (κ3) is 4.08. The Hall–Kier alpha value is -1.81. The Balaban J connectivity index is 2.17. The van der Waals surface area contributed by atoms with Gasteiger partial charge in [0.1, 0.15) is 5.75 Å². The van der Waals surface area contributed by atoms with Crippen LogP contribution in [0.3, 0.4) is 0 Å². The minimum absolute atomic E-state index is 0.150. The predicted octanol–water partition coefficient (Wildman–Crippen LogP) is 4.80. The van der Waals surface area contributed by atoms with Crippen molar-refractivity contribution in [1.29, 1.82) is 0 Å². The van der Waals surface area contributed by atoms with Gasteiger partial charge in [-0.1, -0.05) is 41.1 Å². The van der Waals surface area contributed by atoms with Crippen molar-refractivity contribution in [1.82, 2.24) is 0 Å². The highest BCUT2D eigenvalue weighted by Gasteiger charge is 2.10. The standard InChI is InChI=1S/C17H18BrNO2/c1-3-10-21-16-7-5-4-6-15(16)19-17(20)13-9-8-12(2)14(18)11-13/h4-9,11H,3,10H2,1-2H3,(H,19,20). The zero-order valence-corrected chi connectivity index (χ0v) is 13.7. The van der Waals surface area contributed by atoms with Crippen LogP contribution in [0, 0.1) is 6.92 Å². The van der Waals surface area contributed by atoms with Gasteiger partial charge in [0.15, 0.2) is 0 Å². The number of hydrogen-bond donors (Lipinski definition) is 1. The molecular weight excluding hydrogens is 330 g/mol.